The van der Waals surface area contributed by atoms with Crippen molar-refractivity contribution in [3.8, 4) is 0 Å². The van der Waals surface area contributed by atoms with E-state index in [4.69, 9.17) is 11.6 Å². The molecule has 1 heterocycles. The Kier molecular flexibility index (Phi) is 5.34. The van der Waals surface area contributed by atoms with Gasteiger partial charge in [-0.3, -0.25) is 0 Å². The van der Waals surface area contributed by atoms with Crippen LogP contribution in [0.3, 0.4) is 0 Å². The molecule has 1 saturated carbocycles. The Hall–Kier alpha value is 0.430. The van der Waals surface area contributed by atoms with Crippen molar-refractivity contribution in [3.63, 3.8) is 0 Å². The molecule has 1 aliphatic rings. The summed E-state index contributed by atoms with van der Waals surface area (Å²) < 4.78 is 1.88. The molecule has 1 aromatic heterocycles. The van der Waals surface area contributed by atoms with Crippen molar-refractivity contribution in [3.05, 3.63) is 19.8 Å². The van der Waals surface area contributed by atoms with Gasteiger partial charge in [0.05, 0.1) is 0 Å². The van der Waals surface area contributed by atoms with E-state index in [1.54, 1.807) is 11.3 Å². The van der Waals surface area contributed by atoms with E-state index in [9.17, 15) is 0 Å². The third kappa shape index (κ3) is 3.95. The minimum absolute atomic E-state index is 0.706. The molecule has 0 aromatic carbocycles. The fraction of sp³-hybridized carbons (Fsp3) is 0.692. The van der Waals surface area contributed by atoms with Gasteiger partial charge in [-0.25, -0.2) is 0 Å². The Balaban J connectivity index is 1.75. The van der Waals surface area contributed by atoms with Gasteiger partial charge < -0.3 is 5.32 Å². The van der Waals surface area contributed by atoms with Gasteiger partial charge in [-0.05, 0) is 53.6 Å². The lowest BCUT2D eigenvalue weighted by Gasteiger charge is -2.28. The zero-order valence-corrected chi connectivity index (χ0v) is 13.3. The van der Waals surface area contributed by atoms with E-state index < -0.39 is 0 Å². The van der Waals surface area contributed by atoms with Crippen molar-refractivity contribution in [2.45, 2.75) is 51.6 Å². The molecular formula is C13H19BrClNS. The van der Waals surface area contributed by atoms with Crippen LogP contribution in [-0.4, -0.2) is 6.04 Å². The van der Waals surface area contributed by atoms with Crippen LogP contribution >= 0.6 is 38.9 Å². The van der Waals surface area contributed by atoms with Gasteiger partial charge in [0.2, 0.25) is 0 Å². The summed E-state index contributed by atoms with van der Waals surface area (Å²) in [6.45, 7) is 3.26. The predicted octanol–water partition coefficient (Wildman–Crippen LogP) is 5.22. The smallest absolute Gasteiger partial charge is 0.107 e. The minimum Gasteiger partial charge on any atom is -0.309 e. The zero-order chi connectivity index (χ0) is 12.3. The third-order valence-corrected chi connectivity index (χ3v) is 6.16. The quantitative estimate of drug-likeness (QED) is 0.794. The SMILES string of the molecule is CCC1CCC(NCc2cc(Br)c(Cl)s2)CC1. The van der Waals surface area contributed by atoms with E-state index in [-0.39, 0.29) is 0 Å². The van der Waals surface area contributed by atoms with E-state index in [1.807, 2.05) is 0 Å². The van der Waals surface area contributed by atoms with E-state index in [2.05, 4.69) is 34.2 Å². The number of rotatable bonds is 4. The summed E-state index contributed by atoms with van der Waals surface area (Å²) in [4.78, 5) is 1.32. The monoisotopic (exact) mass is 335 g/mol. The molecule has 0 aliphatic heterocycles. The van der Waals surface area contributed by atoms with Gasteiger partial charge in [-0.15, -0.1) is 11.3 Å². The fourth-order valence-corrected chi connectivity index (χ4v) is 4.24. The highest BCUT2D eigenvalue weighted by Crippen LogP contribution is 2.32. The fourth-order valence-electron chi connectivity index (χ4n) is 2.50. The van der Waals surface area contributed by atoms with Gasteiger partial charge in [0.1, 0.15) is 4.34 Å². The first-order valence-electron chi connectivity index (χ1n) is 6.36. The second-order valence-electron chi connectivity index (χ2n) is 4.84. The molecule has 17 heavy (non-hydrogen) atoms. The molecule has 0 radical (unpaired) electrons. The number of halogens is 2. The molecule has 1 aromatic rings. The zero-order valence-electron chi connectivity index (χ0n) is 10.1. The van der Waals surface area contributed by atoms with Crippen LogP contribution in [0.1, 0.15) is 43.9 Å². The summed E-state index contributed by atoms with van der Waals surface area (Å²) in [5.74, 6) is 0.971. The lowest BCUT2D eigenvalue weighted by Crippen LogP contribution is -2.32. The molecule has 2 rings (SSSR count). The molecule has 0 amide bonds. The molecule has 96 valence electrons. The van der Waals surface area contributed by atoms with Crippen molar-refractivity contribution in [1.82, 2.24) is 5.32 Å². The molecule has 0 saturated heterocycles. The van der Waals surface area contributed by atoms with Gasteiger partial charge in [-0.2, -0.15) is 0 Å². The molecule has 0 atom stereocenters. The van der Waals surface area contributed by atoms with Crippen LogP contribution in [-0.2, 0) is 6.54 Å². The number of hydrogen-bond donors (Lipinski definition) is 1. The Morgan fingerprint density at radius 3 is 2.65 bits per heavy atom. The van der Waals surface area contributed by atoms with Crippen molar-refractivity contribution in [2.75, 3.05) is 0 Å². The summed E-state index contributed by atoms with van der Waals surface area (Å²) in [5, 5.41) is 3.65. The maximum Gasteiger partial charge on any atom is 0.107 e. The second kappa shape index (κ2) is 6.55. The Labute approximate surface area is 121 Å². The summed E-state index contributed by atoms with van der Waals surface area (Å²) >= 11 is 11.1. The summed E-state index contributed by atoms with van der Waals surface area (Å²) in [6.07, 6.45) is 6.80. The lowest BCUT2D eigenvalue weighted by atomic mass is 9.84. The van der Waals surface area contributed by atoms with Gasteiger partial charge in [0.15, 0.2) is 0 Å². The summed E-state index contributed by atoms with van der Waals surface area (Å²) in [7, 11) is 0. The van der Waals surface area contributed by atoms with Crippen LogP contribution in [0.15, 0.2) is 10.5 Å². The number of nitrogens with one attached hydrogen (secondary N) is 1. The number of hydrogen-bond acceptors (Lipinski definition) is 2. The van der Waals surface area contributed by atoms with Crippen molar-refractivity contribution in [2.24, 2.45) is 5.92 Å². The van der Waals surface area contributed by atoms with Gasteiger partial charge in [0.25, 0.3) is 0 Å². The van der Waals surface area contributed by atoms with E-state index >= 15 is 0 Å². The van der Waals surface area contributed by atoms with Crippen LogP contribution in [0.25, 0.3) is 0 Å². The predicted molar refractivity (Wildman–Crippen MR) is 79.9 cm³/mol. The first kappa shape index (κ1) is 13.9. The third-order valence-electron chi connectivity index (χ3n) is 3.69. The van der Waals surface area contributed by atoms with Gasteiger partial charge in [-0.1, -0.05) is 24.9 Å². The molecule has 0 spiro atoms. The average Bonchev–Trinajstić information content (AvgIpc) is 2.67. The average molecular weight is 337 g/mol. The maximum absolute atomic E-state index is 6.03. The van der Waals surface area contributed by atoms with Gasteiger partial charge in [0, 0.05) is 21.9 Å². The molecule has 1 aliphatic carbocycles. The standard InChI is InChI=1S/C13H19BrClNS/c1-2-9-3-5-10(6-4-9)16-8-11-7-12(14)13(15)17-11/h7,9-10,16H,2-6,8H2,1H3. The lowest BCUT2D eigenvalue weighted by molar-refractivity contribution is 0.285. The van der Waals surface area contributed by atoms with Crippen LogP contribution in [0.4, 0.5) is 0 Å². The molecule has 1 fully saturated rings. The Morgan fingerprint density at radius 2 is 2.12 bits per heavy atom. The largest absolute Gasteiger partial charge is 0.309 e. The summed E-state index contributed by atoms with van der Waals surface area (Å²) in [6, 6.07) is 2.83. The highest BCUT2D eigenvalue weighted by molar-refractivity contribution is 9.10. The van der Waals surface area contributed by atoms with Crippen molar-refractivity contribution in [1.29, 1.82) is 0 Å². The maximum atomic E-state index is 6.03. The highest BCUT2D eigenvalue weighted by Gasteiger charge is 2.19. The van der Waals surface area contributed by atoms with Crippen molar-refractivity contribution < 1.29 is 0 Å². The van der Waals surface area contributed by atoms with E-state index in [0.29, 0.717) is 6.04 Å². The molecule has 0 unspecified atom stereocenters. The van der Waals surface area contributed by atoms with Gasteiger partial charge >= 0.3 is 0 Å². The van der Waals surface area contributed by atoms with E-state index in [0.717, 1.165) is 21.3 Å². The minimum atomic E-state index is 0.706. The van der Waals surface area contributed by atoms with Crippen LogP contribution < -0.4 is 5.32 Å². The topological polar surface area (TPSA) is 12.0 Å². The molecule has 1 N–H and O–H groups in total. The normalized spacial score (nSPS) is 25.1. The first-order valence-corrected chi connectivity index (χ1v) is 8.35. The van der Waals surface area contributed by atoms with Crippen LogP contribution in [0, 0.1) is 5.92 Å². The Morgan fingerprint density at radius 1 is 1.41 bits per heavy atom. The molecule has 4 heteroatoms. The molecular weight excluding hydrogens is 318 g/mol. The second-order valence-corrected chi connectivity index (χ2v) is 7.43. The molecule has 1 nitrogen and oxygen atoms in total. The van der Waals surface area contributed by atoms with Crippen LogP contribution in [0.2, 0.25) is 4.34 Å². The van der Waals surface area contributed by atoms with E-state index in [1.165, 1.54) is 37.0 Å². The highest BCUT2D eigenvalue weighted by atomic mass is 79.9. The summed E-state index contributed by atoms with van der Waals surface area (Å²) in [5.41, 5.74) is 0. The molecule has 0 bridgehead atoms. The first-order chi connectivity index (χ1) is 8.19. The Bertz CT molecular complexity index is 339. The number of thiophene rings is 1. The van der Waals surface area contributed by atoms with Crippen LogP contribution in [0.5, 0.6) is 0 Å². The van der Waals surface area contributed by atoms with Crippen molar-refractivity contribution >= 4 is 38.9 Å².